The predicted octanol–water partition coefficient (Wildman–Crippen LogP) is 2.27. The number of aryl methyl sites for hydroxylation is 1. The van der Waals surface area contributed by atoms with Gasteiger partial charge in [-0.15, -0.1) is 0 Å². The van der Waals surface area contributed by atoms with Crippen LogP contribution >= 0.6 is 15.9 Å². The SMILES string of the molecule is COc1c(C)ccc(CCN)c1Br. The van der Waals surface area contributed by atoms with Crippen LogP contribution in [0.5, 0.6) is 5.75 Å². The fourth-order valence-electron chi connectivity index (χ4n) is 1.29. The average Bonchev–Trinajstić information content (AvgIpc) is 2.11. The summed E-state index contributed by atoms with van der Waals surface area (Å²) < 4.78 is 6.30. The molecule has 0 aliphatic rings. The molecule has 0 aromatic heterocycles. The predicted molar refractivity (Wildman–Crippen MR) is 58.2 cm³/mol. The van der Waals surface area contributed by atoms with E-state index in [2.05, 4.69) is 28.1 Å². The fraction of sp³-hybridized carbons (Fsp3) is 0.400. The van der Waals surface area contributed by atoms with Crippen molar-refractivity contribution in [3.8, 4) is 5.75 Å². The van der Waals surface area contributed by atoms with Gasteiger partial charge in [-0.25, -0.2) is 0 Å². The lowest BCUT2D eigenvalue weighted by Gasteiger charge is -2.10. The van der Waals surface area contributed by atoms with E-state index in [1.54, 1.807) is 7.11 Å². The van der Waals surface area contributed by atoms with Crippen LogP contribution in [0.2, 0.25) is 0 Å². The first-order chi connectivity index (χ1) is 6.20. The Morgan fingerprint density at radius 1 is 1.46 bits per heavy atom. The zero-order valence-corrected chi connectivity index (χ0v) is 9.52. The monoisotopic (exact) mass is 243 g/mol. The Labute approximate surface area is 87.2 Å². The first-order valence-electron chi connectivity index (χ1n) is 4.22. The highest BCUT2D eigenvalue weighted by molar-refractivity contribution is 9.10. The van der Waals surface area contributed by atoms with Crippen molar-refractivity contribution in [3.05, 3.63) is 27.7 Å². The summed E-state index contributed by atoms with van der Waals surface area (Å²) >= 11 is 3.51. The van der Waals surface area contributed by atoms with Crippen molar-refractivity contribution in [2.75, 3.05) is 13.7 Å². The molecule has 0 aliphatic heterocycles. The molecule has 0 saturated heterocycles. The van der Waals surface area contributed by atoms with E-state index in [0.717, 1.165) is 22.2 Å². The minimum Gasteiger partial charge on any atom is -0.495 e. The van der Waals surface area contributed by atoms with Crippen molar-refractivity contribution in [2.45, 2.75) is 13.3 Å². The number of halogens is 1. The van der Waals surface area contributed by atoms with Crippen LogP contribution in [0.4, 0.5) is 0 Å². The highest BCUT2D eigenvalue weighted by atomic mass is 79.9. The summed E-state index contributed by atoms with van der Waals surface area (Å²) in [6, 6.07) is 4.13. The Balaban J connectivity index is 3.11. The van der Waals surface area contributed by atoms with Gasteiger partial charge in [-0.3, -0.25) is 0 Å². The van der Waals surface area contributed by atoms with Crippen LogP contribution in [0.3, 0.4) is 0 Å². The second kappa shape index (κ2) is 4.63. The average molecular weight is 244 g/mol. The van der Waals surface area contributed by atoms with E-state index in [4.69, 9.17) is 10.5 Å². The molecule has 0 bridgehead atoms. The van der Waals surface area contributed by atoms with E-state index < -0.39 is 0 Å². The van der Waals surface area contributed by atoms with E-state index >= 15 is 0 Å². The Morgan fingerprint density at radius 3 is 2.69 bits per heavy atom. The zero-order chi connectivity index (χ0) is 9.84. The minimum atomic E-state index is 0.658. The van der Waals surface area contributed by atoms with Gasteiger partial charge in [0.05, 0.1) is 11.6 Å². The summed E-state index contributed by atoms with van der Waals surface area (Å²) in [7, 11) is 1.68. The summed E-state index contributed by atoms with van der Waals surface area (Å²) in [5.41, 5.74) is 7.83. The van der Waals surface area contributed by atoms with Gasteiger partial charge in [0, 0.05) is 0 Å². The number of rotatable bonds is 3. The van der Waals surface area contributed by atoms with Gasteiger partial charge in [-0.1, -0.05) is 12.1 Å². The number of hydrogen-bond acceptors (Lipinski definition) is 2. The van der Waals surface area contributed by atoms with E-state index in [1.807, 2.05) is 6.92 Å². The van der Waals surface area contributed by atoms with Crippen LogP contribution in [0, 0.1) is 6.92 Å². The maximum atomic E-state index is 5.50. The first kappa shape index (κ1) is 10.5. The molecule has 0 unspecified atom stereocenters. The molecule has 0 saturated carbocycles. The van der Waals surface area contributed by atoms with E-state index in [0.29, 0.717) is 6.54 Å². The molecular weight excluding hydrogens is 230 g/mol. The molecule has 0 atom stereocenters. The molecule has 1 aromatic carbocycles. The van der Waals surface area contributed by atoms with Crippen LogP contribution in [0.15, 0.2) is 16.6 Å². The molecule has 2 nitrogen and oxygen atoms in total. The number of ether oxygens (including phenoxy) is 1. The number of benzene rings is 1. The normalized spacial score (nSPS) is 10.2. The van der Waals surface area contributed by atoms with Crippen molar-refractivity contribution in [1.82, 2.24) is 0 Å². The van der Waals surface area contributed by atoms with Crippen LogP contribution in [-0.4, -0.2) is 13.7 Å². The standard InChI is InChI=1S/C10H14BrNO/c1-7-3-4-8(5-6-12)9(11)10(7)13-2/h3-4H,5-6,12H2,1-2H3. The third kappa shape index (κ3) is 2.23. The van der Waals surface area contributed by atoms with Crippen molar-refractivity contribution < 1.29 is 4.74 Å². The first-order valence-corrected chi connectivity index (χ1v) is 5.02. The Hall–Kier alpha value is -0.540. The summed E-state index contributed by atoms with van der Waals surface area (Å²) in [4.78, 5) is 0. The molecule has 0 spiro atoms. The van der Waals surface area contributed by atoms with Gasteiger partial charge in [-0.2, -0.15) is 0 Å². The molecule has 0 amide bonds. The van der Waals surface area contributed by atoms with Gasteiger partial charge < -0.3 is 10.5 Å². The number of hydrogen-bond donors (Lipinski definition) is 1. The summed E-state index contributed by atoms with van der Waals surface area (Å²) in [6.45, 7) is 2.68. The topological polar surface area (TPSA) is 35.2 Å². The second-order valence-corrected chi connectivity index (χ2v) is 3.72. The molecule has 3 heteroatoms. The molecule has 0 fully saturated rings. The molecular formula is C10H14BrNO. The molecule has 0 heterocycles. The zero-order valence-electron chi connectivity index (χ0n) is 7.93. The molecule has 0 aliphatic carbocycles. The highest BCUT2D eigenvalue weighted by Gasteiger charge is 2.07. The van der Waals surface area contributed by atoms with E-state index in [1.165, 1.54) is 5.56 Å². The number of nitrogens with two attached hydrogens (primary N) is 1. The molecule has 2 N–H and O–H groups in total. The van der Waals surface area contributed by atoms with Crippen LogP contribution < -0.4 is 10.5 Å². The third-order valence-electron chi connectivity index (χ3n) is 1.99. The van der Waals surface area contributed by atoms with Gasteiger partial charge in [0.15, 0.2) is 0 Å². The number of methoxy groups -OCH3 is 1. The fourth-order valence-corrected chi connectivity index (χ4v) is 2.10. The maximum Gasteiger partial charge on any atom is 0.136 e. The summed E-state index contributed by atoms with van der Waals surface area (Å²) in [5.74, 6) is 0.908. The third-order valence-corrected chi connectivity index (χ3v) is 2.86. The van der Waals surface area contributed by atoms with Crippen LogP contribution in [0.1, 0.15) is 11.1 Å². The minimum absolute atomic E-state index is 0.658. The lowest BCUT2D eigenvalue weighted by Crippen LogP contribution is -2.04. The lowest BCUT2D eigenvalue weighted by atomic mass is 10.1. The van der Waals surface area contributed by atoms with Crippen LogP contribution in [0.25, 0.3) is 0 Å². The van der Waals surface area contributed by atoms with Gasteiger partial charge >= 0.3 is 0 Å². The molecule has 1 aromatic rings. The van der Waals surface area contributed by atoms with Crippen molar-refractivity contribution in [3.63, 3.8) is 0 Å². The van der Waals surface area contributed by atoms with Crippen LogP contribution in [-0.2, 0) is 6.42 Å². The van der Waals surface area contributed by atoms with E-state index in [-0.39, 0.29) is 0 Å². The van der Waals surface area contributed by atoms with Crippen molar-refractivity contribution in [2.24, 2.45) is 5.73 Å². The largest absolute Gasteiger partial charge is 0.495 e. The molecule has 72 valence electrons. The molecule has 0 radical (unpaired) electrons. The van der Waals surface area contributed by atoms with Gasteiger partial charge in [0.1, 0.15) is 5.75 Å². The summed E-state index contributed by atoms with van der Waals surface area (Å²) in [5, 5.41) is 0. The lowest BCUT2D eigenvalue weighted by molar-refractivity contribution is 0.408. The van der Waals surface area contributed by atoms with Crippen molar-refractivity contribution >= 4 is 15.9 Å². The Morgan fingerprint density at radius 2 is 2.15 bits per heavy atom. The van der Waals surface area contributed by atoms with E-state index in [9.17, 15) is 0 Å². The molecule has 13 heavy (non-hydrogen) atoms. The smallest absolute Gasteiger partial charge is 0.136 e. The Kier molecular flexibility index (Phi) is 3.75. The second-order valence-electron chi connectivity index (χ2n) is 2.93. The van der Waals surface area contributed by atoms with Gasteiger partial charge in [0.25, 0.3) is 0 Å². The maximum absolute atomic E-state index is 5.50. The quantitative estimate of drug-likeness (QED) is 0.885. The van der Waals surface area contributed by atoms with Crippen molar-refractivity contribution in [1.29, 1.82) is 0 Å². The Bertz CT molecular complexity index is 299. The van der Waals surface area contributed by atoms with Gasteiger partial charge in [0.2, 0.25) is 0 Å². The highest BCUT2D eigenvalue weighted by Crippen LogP contribution is 2.31. The van der Waals surface area contributed by atoms with Gasteiger partial charge in [-0.05, 0) is 46.9 Å². The summed E-state index contributed by atoms with van der Waals surface area (Å²) in [6.07, 6.45) is 0.872. The molecule has 1 rings (SSSR count).